The summed E-state index contributed by atoms with van der Waals surface area (Å²) in [4.78, 5) is 27.4. The van der Waals surface area contributed by atoms with Crippen molar-refractivity contribution in [3.05, 3.63) is 63.3 Å². The molecule has 2 fully saturated rings. The first kappa shape index (κ1) is 21.5. The van der Waals surface area contributed by atoms with Crippen LogP contribution in [0.1, 0.15) is 18.4 Å². The van der Waals surface area contributed by atoms with Crippen LogP contribution in [0.25, 0.3) is 18.3 Å². The van der Waals surface area contributed by atoms with Crippen LogP contribution in [-0.2, 0) is 0 Å². The molecule has 1 aliphatic heterocycles. The van der Waals surface area contributed by atoms with Crippen LogP contribution in [0.3, 0.4) is 0 Å². The summed E-state index contributed by atoms with van der Waals surface area (Å²) in [5.41, 5.74) is 3.82. The summed E-state index contributed by atoms with van der Waals surface area (Å²) in [6, 6.07) is 10.9. The maximum atomic E-state index is 12.2. The van der Waals surface area contributed by atoms with Gasteiger partial charge in [-0.05, 0) is 44.2 Å². The van der Waals surface area contributed by atoms with Crippen LogP contribution in [0.2, 0.25) is 0 Å². The molecule has 0 spiro atoms. The lowest BCUT2D eigenvalue weighted by atomic mass is 10.2. The quantitative estimate of drug-likeness (QED) is 0.333. The highest BCUT2D eigenvalue weighted by molar-refractivity contribution is 5.72. The van der Waals surface area contributed by atoms with Crippen LogP contribution in [0.15, 0.2) is 41.3 Å². The SMILES string of the molecule is C=c1[nH]c(=O)/c(=C/c2cnn3c(NC4CC4)cc(Nc4cccc(N5CCN(C)CC5)c4)nc23)[nH]1. The van der Waals surface area contributed by atoms with Gasteiger partial charge in [-0.15, -0.1) is 0 Å². The molecule has 1 aliphatic carbocycles. The van der Waals surface area contributed by atoms with Crippen LogP contribution in [0.5, 0.6) is 0 Å². The van der Waals surface area contributed by atoms with Gasteiger partial charge in [0.1, 0.15) is 22.5 Å². The minimum Gasteiger partial charge on any atom is -0.369 e. The molecule has 1 saturated heterocycles. The van der Waals surface area contributed by atoms with E-state index in [1.807, 2.05) is 6.07 Å². The lowest BCUT2D eigenvalue weighted by Gasteiger charge is -2.34. The predicted octanol–water partition coefficient (Wildman–Crippen LogP) is 1.05. The summed E-state index contributed by atoms with van der Waals surface area (Å²) < 4.78 is 1.79. The Balaban J connectivity index is 1.36. The molecule has 0 bridgehead atoms. The molecule has 0 atom stereocenters. The van der Waals surface area contributed by atoms with Gasteiger partial charge < -0.3 is 30.4 Å². The van der Waals surface area contributed by atoms with Gasteiger partial charge in [0.15, 0.2) is 5.65 Å². The Morgan fingerprint density at radius 2 is 1.97 bits per heavy atom. The van der Waals surface area contributed by atoms with Gasteiger partial charge in [-0.25, -0.2) is 4.98 Å². The van der Waals surface area contributed by atoms with E-state index in [-0.39, 0.29) is 5.56 Å². The van der Waals surface area contributed by atoms with Crippen LogP contribution in [0, 0.1) is 0 Å². The number of benzene rings is 1. The highest BCUT2D eigenvalue weighted by Crippen LogP contribution is 2.29. The number of likely N-dealkylation sites (N-methyl/N-ethyl adjacent to an activating group) is 1. The lowest BCUT2D eigenvalue weighted by Crippen LogP contribution is -2.44. The highest BCUT2D eigenvalue weighted by Gasteiger charge is 2.23. The Morgan fingerprint density at radius 3 is 2.71 bits per heavy atom. The van der Waals surface area contributed by atoms with Gasteiger partial charge in [-0.2, -0.15) is 9.61 Å². The molecular weight excluding hydrogens is 442 g/mol. The number of hydrogen-bond donors (Lipinski definition) is 4. The van der Waals surface area contributed by atoms with Crippen molar-refractivity contribution in [3.8, 4) is 0 Å². The summed E-state index contributed by atoms with van der Waals surface area (Å²) in [6.45, 7) is 7.91. The number of aromatic amines is 2. The maximum Gasteiger partial charge on any atom is 0.273 e. The van der Waals surface area contributed by atoms with Crippen LogP contribution in [0.4, 0.5) is 23.0 Å². The normalized spacial score (nSPS) is 17.3. The van der Waals surface area contributed by atoms with E-state index < -0.39 is 0 Å². The maximum absolute atomic E-state index is 12.2. The van der Waals surface area contributed by atoms with Gasteiger partial charge in [0.2, 0.25) is 0 Å². The molecule has 4 heterocycles. The first-order valence-corrected chi connectivity index (χ1v) is 12.0. The number of fused-ring (bicyclic) bond motifs is 1. The first-order chi connectivity index (χ1) is 17.0. The fourth-order valence-corrected chi connectivity index (χ4v) is 4.39. The minimum atomic E-state index is -0.222. The summed E-state index contributed by atoms with van der Waals surface area (Å²) >= 11 is 0. The fourth-order valence-electron chi connectivity index (χ4n) is 4.39. The smallest absolute Gasteiger partial charge is 0.273 e. The van der Waals surface area contributed by atoms with Crippen molar-refractivity contribution < 1.29 is 0 Å². The van der Waals surface area contributed by atoms with Crippen molar-refractivity contribution in [1.29, 1.82) is 0 Å². The van der Waals surface area contributed by atoms with E-state index in [0.717, 1.165) is 56.1 Å². The Hall–Kier alpha value is -4.05. The third-order valence-electron chi connectivity index (χ3n) is 6.51. The fraction of sp³-hybridized carbons (Fsp3) is 0.320. The zero-order valence-electron chi connectivity index (χ0n) is 19.7. The monoisotopic (exact) mass is 471 g/mol. The van der Waals surface area contributed by atoms with Crippen molar-refractivity contribution in [2.75, 3.05) is 48.8 Å². The van der Waals surface area contributed by atoms with E-state index in [0.29, 0.717) is 28.3 Å². The molecule has 2 aliphatic rings. The van der Waals surface area contributed by atoms with E-state index in [1.165, 1.54) is 5.69 Å². The largest absolute Gasteiger partial charge is 0.369 e. The van der Waals surface area contributed by atoms with E-state index >= 15 is 0 Å². The number of nitrogens with one attached hydrogen (secondary N) is 4. The third kappa shape index (κ3) is 4.52. The summed E-state index contributed by atoms with van der Waals surface area (Å²) in [5.74, 6) is 1.58. The number of imidazole rings is 1. The standard InChI is InChI=1S/C25H29N9O/c1-16-27-21(25(35)28-16)12-17-15-26-34-23(30-18-6-7-18)14-22(31-24(17)34)29-19-4-3-5-20(13-19)33-10-8-32(2)9-11-33/h3-5,12-15,18,27,30H,1,6-11H2,2H3,(H,28,35)(H,29,31)/b21-12-. The molecule has 10 heteroatoms. The van der Waals surface area contributed by atoms with Crippen molar-refractivity contribution >= 4 is 41.3 Å². The summed E-state index contributed by atoms with van der Waals surface area (Å²) in [6.07, 6.45) is 5.76. The second-order valence-electron chi connectivity index (χ2n) is 9.36. The molecular formula is C25H29N9O. The first-order valence-electron chi connectivity index (χ1n) is 12.0. The molecule has 0 radical (unpaired) electrons. The summed E-state index contributed by atoms with van der Waals surface area (Å²) in [5, 5.41) is 12.0. The van der Waals surface area contributed by atoms with Gasteiger partial charge in [0.05, 0.1) is 6.20 Å². The summed E-state index contributed by atoms with van der Waals surface area (Å²) in [7, 11) is 2.16. The molecule has 4 N–H and O–H groups in total. The van der Waals surface area contributed by atoms with Crippen LogP contribution in [-0.4, -0.2) is 68.7 Å². The zero-order chi connectivity index (χ0) is 23.9. The number of hydrogen-bond acceptors (Lipinski definition) is 7. The van der Waals surface area contributed by atoms with Crippen molar-refractivity contribution in [1.82, 2.24) is 29.5 Å². The molecule has 3 aromatic heterocycles. The van der Waals surface area contributed by atoms with Crippen LogP contribution < -0.4 is 31.9 Å². The predicted molar refractivity (Wildman–Crippen MR) is 139 cm³/mol. The molecule has 6 rings (SSSR count). The van der Waals surface area contributed by atoms with Crippen molar-refractivity contribution in [2.24, 2.45) is 0 Å². The number of rotatable bonds is 6. The van der Waals surface area contributed by atoms with Crippen molar-refractivity contribution in [2.45, 2.75) is 18.9 Å². The van der Waals surface area contributed by atoms with Crippen LogP contribution >= 0.6 is 0 Å². The molecule has 0 unspecified atom stereocenters. The number of nitrogens with zero attached hydrogens (tertiary/aromatic N) is 5. The van der Waals surface area contributed by atoms with Gasteiger partial charge in [0, 0.05) is 55.2 Å². The Kier molecular flexibility index (Phi) is 5.29. The molecule has 1 saturated carbocycles. The lowest BCUT2D eigenvalue weighted by molar-refractivity contribution is 0.313. The second-order valence-corrected chi connectivity index (χ2v) is 9.36. The molecule has 4 aromatic rings. The topological polar surface area (TPSA) is 109 Å². The molecule has 180 valence electrons. The third-order valence-corrected chi connectivity index (χ3v) is 6.51. The van der Waals surface area contributed by atoms with Crippen molar-refractivity contribution in [3.63, 3.8) is 0 Å². The number of anilines is 4. The van der Waals surface area contributed by atoms with Gasteiger partial charge >= 0.3 is 0 Å². The molecule has 1 aromatic carbocycles. The Labute approximate surface area is 202 Å². The van der Waals surface area contributed by atoms with Gasteiger partial charge in [-0.3, -0.25) is 4.79 Å². The number of H-pyrrole nitrogens is 2. The number of aromatic nitrogens is 5. The zero-order valence-corrected chi connectivity index (χ0v) is 19.7. The Bertz CT molecular complexity index is 1540. The average molecular weight is 472 g/mol. The average Bonchev–Trinajstić information content (AvgIpc) is 3.48. The highest BCUT2D eigenvalue weighted by atomic mass is 16.1. The van der Waals surface area contributed by atoms with Gasteiger partial charge in [-0.1, -0.05) is 12.6 Å². The van der Waals surface area contributed by atoms with E-state index in [2.05, 4.69) is 73.4 Å². The minimum absolute atomic E-state index is 0.222. The molecule has 0 amide bonds. The molecule has 35 heavy (non-hydrogen) atoms. The second kappa shape index (κ2) is 8.62. The van der Waals surface area contributed by atoms with E-state index in [4.69, 9.17) is 4.98 Å². The molecule has 10 nitrogen and oxygen atoms in total. The Morgan fingerprint density at radius 1 is 1.14 bits per heavy atom. The number of piperazine rings is 1. The van der Waals surface area contributed by atoms with Gasteiger partial charge in [0.25, 0.3) is 5.56 Å². The van der Waals surface area contributed by atoms with E-state index in [9.17, 15) is 4.79 Å². The van der Waals surface area contributed by atoms with E-state index in [1.54, 1.807) is 16.8 Å².